The molecule has 2 heterocycles. The van der Waals surface area contributed by atoms with Crippen LogP contribution in [-0.4, -0.2) is 26.7 Å². The van der Waals surface area contributed by atoms with Crippen LogP contribution in [0.4, 0.5) is 5.69 Å². The molecule has 1 unspecified atom stereocenters. The van der Waals surface area contributed by atoms with E-state index in [0.717, 1.165) is 29.8 Å². The molecule has 0 spiro atoms. The van der Waals surface area contributed by atoms with Crippen molar-refractivity contribution in [3.05, 3.63) is 98.3 Å². The zero-order valence-electron chi connectivity index (χ0n) is 21.1. The Morgan fingerprint density at radius 1 is 1.14 bits per heavy atom. The van der Waals surface area contributed by atoms with Gasteiger partial charge in [-0.25, -0.2) is 9.97 Å². The fraction of sp³-hybridized carbons (Fsp3) is 0.286. The van der Waals surface area contributed by atoms with Crippen LogP contribution in [0.2, 0.25) is 5.15 Å². The number of nitrogens with one attached hydrogen (secondary N) is 2. The SMILES string of the molecule is CSNC(=O)c1nc(Cl)ccc1NC(C)c1cc(C)cc2c(=O)n(C)c(C3(c4ccccc4)CC3)nc12. The predicted octanol–water partition coefficient (Wildman–Crippen LogP) is 5.55. The first-order valence-electron chi connectivity index (χ1n) is 12.1. The second kappa shape index (κ2) is 9.84. The van der Waals surface area contributed by atoms with E-state index in [4.69, 9.17) is 16.6 Å². The summed E-state index contributed by atoms with van der Waals surface area (Å²) in [6, 6.07) is 17.3. The maximum absolute atomic E-state index is 13.6. The molecule has 1 aliphatic carbocycles. The number of halogens is 1. The lowest BCUT2D eigenvalue weighted by atomic mass is 9.94. The normalized spacial score (nSPS) is 14.8. The minimum Gasteiger partial charge on any atom is -0.377 e. The number of amides is 1. The fourth-order valence-electron chi connectivity index (χ4n) is 5.01. The van der Waals surface area contributed by atoms with Crippen molar-refractivity contribution in [1.29, 1.82) is 0 Å². The molecule has 0 bridgehead atoms. The van der Waals surface area contributed by atoms with Gasteiger partial charge in [0.1, 0.15) is 11.0 Å². The minimum absolute atomic E-state index is 0.0625. The number of aryl methyl sites for hydroxylation is 1. The maximum atomic E-state index is 13.6. The van der Waals surface area contributed by atoms with Crippen LogP contribution in [0.25, 0.3) is 10.9 Å². The number of pyridine rings is 1. The molecule has 1 aliphatic rings. The van der Waals surface area contributed by atoms with Crippen molar-refractivity contribution in [3.63, 3.8) is 0 Å². The average Bonchev–Trinajstić information content (AvgIpc) is 3.69. The Balaban J connectivity index is 1.63. The third-order valence-corrected chi connectivity index (χ3v) is 7.57. The average molecular weight is 534 g/mol. The molecule has 1 amide bonds. The highest BCUT2D eigenvalue weighted by Crippen LogP contribution is 2.52. The van der Waals surface area contributed by atoms with E-state index < -0.39 is 0 Å². The number of aromatic nitrogens is 3. The van der Waals surface area contributed by atoms with E-state index in [2.05, 4.69) is 27.2 Å². The summed E-state index contributed by atoms with van der Waals surface area (Å²) >= 11 is 7.28. The lowest BCUT2D eigenvalue weighted by Gasteiger charge is -2.23. The summed E-state index contributed by atoms with van der Waals surface area (Å²) < 4.78 is 4.41. The van der Waals surface area contributed by atoms with Crippen molar-refractivity contribution < 1.29 is 4.79 Å². The second-order valence-corrected chi connectivity index (χ2v) is 10.5. The van der Waals surface area contributed by atoms with E-state index in [1.54, 1.807) is 23.0 Å². The van der Waals surface area contributed by atoms with Crippen LogP contribution in [0.1, 0.15) is 58.8 Å². The predicted molar refractivity (Wildman–Crippen MR) is 150 cm³/mol. The number of fused-ring (bicyclic) bond motifs is 1. The zero-order valence-corrected chi connectivity index (χ0v) is 22.7. The van der Waals surface area contributed by atoms with Crippen LogP contribution in [-0.2, 0) is 12.5 Å². The Morgan fingerprint density at radius 2 is 1.86 bits per heavy atom. The molecule has 0 aliphatic heterocycles. The number of hydrogen-bond donors (Lipinski definition) is 2. The molecular weight excluding hydrogens is 506 g/mol. The van der Waals surface area contributed by atoms with E-state index in [1.165, 1.54) is 17.5 Å². The van der Waals surface area contributed by atoms with Gasteiger partial charge < -0.3 is 5.32 Å². The molecule has 5 rings (SSSR count). The molecule has 2 N–H and O–H groups in total. The Bertz CT molecular complexity index is 1570. The molecule has 0 saturated heterocycles. The summed E-state index contributed by atoms with van der Waals surface area (Å²) in [5.74, 6) is 0.438. The van der Waals surface area contributed by atoms with Gasteiger partial charge in [0.2, 0.25) is 0 Å². The smallest absolute Gasteiger partial charge is 0.281 e. The first kappa shape index (κ1) is 25.3. The molecule has 9 heteroatoms. The van der Waals surface area contributed by atoms with Crippen LogP contribution in [0.3, 0.4) is 0 Å². The van der Waals surface area contributed by atoms with Gasteiger partial charge in [-0.15, -0.1) is 0 Å². The van der Waals surface area contributed by atoms with Crippen molar-refractivity contribution in [1.82, 2.24) is 19.3 Å². The summed E-state index contributed by atoms with van der Waals surface area (Å²) in [7, 11) is 1.81. The van der Waals surface area contributed by atoms with Crippen molar-refractivity contribution >= 4 is 46.0 Å². The van der Waals surface area contributed by atoms with E-state index >= 15 is 0 Å². The number of hydrogen-bond acceptors (Lipinski definition) is 6. The fourth-order valence-corrected chi connectivity index (χ4v) is 5.44. The van der Waals surface area contributed by atoms with Gasteiger partial charge in [-0.2, -0.15) is 0 Å². The maximum Gasteiger partial charge on any atom is 0.281 e. The van der Waals surface area contributed by atoms with Gasteiger partial charge in [0.15, 0.2) is 5.69 Å². The van der Waals surface area contributed by atoms with E-state index in [1.807, 2.05) is 51.2 Å². The third-order valence-electron chi connectivity index (χ3n) is 6.97. The Morgan fingerprint density at radius 3 is 2.54 bits per heavy atom. The summed E-state index contributed by atoms with van der Waals surface area (Å²) in [6.45, 7) is 3.96. The summed E-state index contributed by atoms with van der Waals surface area (Å²) in [5.41, 5.74) is 4.11. The lowest BCUT2D eigenvalue weighted by Crippen LogP contribution is -2.29. The number of benzene rings is 2. The second-order valence-electron chi connectivity index (χ2n) is 9.53. The molecule has 2 aromatic heterocycles. The number of carbonyl (C=O) groups excluding carboxylic acids is 1. The van der Waals surface area contributed by atoms with Crippen molar-refractivity contribution in [2.24, 2.45) is 7.05 Å². The molecule has 37 heavy (non-hydrogen) atoms. The molecule has 2 aromatic carbocycles. The standard InChI is InChI=1S/C28H28ClN5O2S/c1-16-14-19(17(2)30-21-10-11-22(29)31-24(21)25(35)33-37-4)23-20(15-16)26(36)34(3)27(32-23)28(12-13-28)18-8-6-5-7-9-18/h5-11,14-15,17,30H,12-13H2,1-4H3,(H,33,35). The summed E-state index contributed by atoms with van der Waals surface area (Å²) in [5, 5.41) is 4.22. The van der Waals surface area contributed by atoms with Crippen LogP contribution < -0.4 is 15.6 Å². The van der Waals surface area contributed by atoms with Crippen LogP contribution in [0.15, 0.2) is 59.4 Å². The summed E-state index contributed by atoms with van der Waals surface area (Å²) in [4.78, 5) is 35.6. The molecular formula is C28H28ClN5O2S. The molecule has 1 fully saturated rings. The molecule has 190 valence electrons. The van der Waals surface area contributed by atoms with E-state index in [9.17, 15) is 9.59 Å². The highest BCUT2D eigenvalue weighted by molar-refractivity contribution is 7.97. The number of carbonyl (C=O) groups is 1. The van der Waals surface area contributed by atoms with Gasteiger partial charge in [-0.05, 0) is 56.0 Å². The van der Waals surface area contributed by atoms with Crippen LogP contribution >= 0.6 is 23.5 Å². The lowest BCUT2D eigenvalue weighted by molar-refractivity contribution is 0.0980. The van der Waals surface area contributed by atoms with E-state index in [-0.39, 0.29) is 33.8 Å². The van der Waals surface area contributed by atoms with Gasteiger partial charge >= 0.3 is 0 Å². The molecule has 0 radical (unpaired) electrons. The first-order chi connectivity index (χ1) is 17.7. The minimum atomic E-state index is -0.341. The van der Waals surface area contributed by atoms with Gasteiger partial charge in [0.25, 0.3) is 11.5 Å². The monoisotopic (exact) mass is 533 g/mol. The van der Waals surface area contributed by atoms with Gasteiger partial charge in [0, 0.05) is 18.9 Å². The van der Waals surface area contributed by atoms with Crippen LogP contribution in [0, 0.1) is 6.92 Å². The Hall–Kier alpha value is -3.36. The van der Waals surface area contributed by atoms with Crippen molar-refractivity contribution in [3.8, 4) is 0 Å². The number of nitrogens with zero attached hydrogens (tertiary/aromatic N) is 3. The first-order valence-corrected chi connectivity index (χ1v) is 13.7. The van der Waals surface area contributed by atoms with Crippen molar-refractivity contribution in [2.45, 2.75) is 38.1 Å². The molecule has 1 atom stereocenters. The van der Waals surface area contributed by atoms with Gasteiger partial charge in [-0.3, -0.25) is 18.9 Å². The highest BCUT2D eigenvalue weighted by Gasteiger charge is 2.49. The highest BCUT2D eigenvalue weighted by atomic mass is 35.5. The van der Waals surface area contributed by atoms with Gasteiger partial charge in [-0.1, -0.05) is 59.9 Å². The summed E-state index contributed by atoms with van der Waals surface area (Å²) in [6.07, 6.45) is 3.66. The molecule has 1 saturated carbocycles. The number of anilines is 1. The third kappa shape index (κ3) is 4.60. The van der Waals surface area contributed by atoms with Crippen molar-refractivity contribution in [2.75, 3.05) is 11.6 Å². The Kier molecular flexibility index (Phi) is 6.72. The van der Waals surface area contributed by atoms with Gasteiger partial charge in [0.05, 0.1) is 28.0 Å². The van der Waals surface area contributed by atoms with Crippen LogP contribution in [0.5, 0.6) is 0 Å². The van der Waals surface area contributed by atoms with E-state index in [0.29, 0.717) is 16.6 Å². The Labute approximate surface area is 224 Å². The topological polar surface area (TPSA) is 88.9 Å². The molecule has 7 nitrogen and oxygen atoms in total. The largest absolute Gasteiger partial charge is 0.377 e. The number of rotatable bonds is 7. The molecule has 4 aromatic rings. The zero-order chi connectivity index (χ0) is 26.3. The quantitative estimate of drug-likeness (QED) is 0.239.